The largest absolute Gasteiger partial charge is 0.494 e. The van der Waals surface area contributed by atoms with E-state index in [1.807, 2.05) is 0 Å². The highest BCUT2D eigenvalue weighted by Gasteiger charge is 2.49. The summed E-state index contributed by atoms with van der Waals surface area (Å²) in [7, 11) is 6.64. The third kappa shape index (κ3) is 5.07. The highest BCUT2D eigenvalue weighted by molar-refractivity contribution is 6.62. The fraction of sp³-hybridized carbons (Fsp3) is 0.333. The normalized spacial score (nSPS) is 20.2. The minimum absolute atomic E-state index is 0.0272. The predicted octanol–water partition coefficient (Wildman–Crippen LogP) is 7.54. The first-order valence-electron chi connectivity index (χ1n) is 18.7. The fourth-order valence-electron chi connectivity index (χ4n) is 9.03. The molecule has 0 aromatic heterocycles. The Bertz CT molecular complexity index is 2140. The summed E-state index contributed by atoms with van der Waals surface area (Å²) in [6.07, 6.45) is 0. The predicted molar refractivity (Wildman–Crippen MR) is 213 cm³/mol. The summed E-state index contributed by atoms with van der Waals surface area (Å²) in [4.78, 5) is 0. The van der Waals surface area contributed by atoms with E-state index in [0.717, 1.165) is 27.6 Å². The van der Waals surface area contributed by atoms with Gasteiger partial charge in [0, 0.05) is 0 Å². The Labute approximate surface area is 311 Å². The van der Waals surface area contributed by atoms with Crippen molar-refractivity contribution in [2.24, 2.45) is 0 Å². The van der Waals surface area contributed by atoms with Crippen molar-refractivity contribution in [2.75, 3.05) is 26.4 Å². The molecule has 1 atom stereocenters. The van der Waals surface area contributed by atoms with E-state index in [0.29, 0.717) is 26.4 Å². The molecule has 0 saturated carbocycles. The molecule has 9 rings (SSSR count). The summed E-state index contributed by atoms with van der Waals surface area (Å²) in [5.41, 5.74) is 16.0. The molecular weight excluding hydrogens is 637 g/mol. The summed E-state index contributed by atoms with van der Waals surface area (Å²) in [6.45, 7) is 18.2. The lowest BCUT2D eigenvalue weighted by molar-refractivity contribution is 0.365. The van der Waals surface area contributed by atoms with Crippen molar-refractivity contribution in [3.8, 4) is 22.3 Å². The first kappa shape index (κ1) is 33.9. The van der Waals surface area contributed by atoms with Gasteiger partial charge in [-0.3, -0.25) is 0 Å². The molecule has 2 saturated heterocycles. The average molecular weight is 682 g/mol. The average Bonchev–Trinajstić information content (AvgIpc) is 3.93. The van der Waals surface area contributed by atoms with Crippen molar-refractivity contribution < 1.29 is 18.6 Å². The zero-order valence-corrected chi connectivity index (χ0v) is 31.4. The van der Waals surface area contributed by atoms with Gasteiger partial charge in [0.1, 0.15) is 0 Å². The van der Waals surface area contributed by atoms with Gasteiger partial charge in [0.2, 0.25) is 0 Å². The Morgan fingerprint density at radius 1 is 0.481 bits per heavy atom. The maximum atomic E-state index is 7.38. The Morgan fingerprint density at radius 3 is 1.31 bits per heavy atom. The van der Waals surface area contributed by atoms with Crippen molar-refractivity contribution >= 4 is 33.0 Å². The van der Waals surface area contributed by atoms with E-state index in [4.69, 9.17) is 26.5 Å². The standard InChI is InChI=1S/C45H45B3O4/c1-42(2,3)28-8-12-30(13-9-28)45(31-14-10-29(11-15-31)43(4,5)6)40-25-33(48-51-22-23-52-48)17-19-35(40)37-26-39-36(27-41(37)45)34-18-16-32(47-49-20-21-50-47)24-38(34)44(39,7)46/h8-19,24-27H,20-23H2,1-7H3. The van der Waals surface area contributed by atoms with Gasteiger partial charge >= 0.3 is 14.2 Å². The van der Waals surface area contributed by atoms with Crippen LogP contribution in [0.3, 0.4) is 0 Å². The van der Waals surface area contributed by atoms with Crippen molar-refractivity contribution in [3.05, 3.63) is 142 Å². The van der Waals surface area contributed by atoms with Crippen LogP contribution in [0.25, 0.3) is 22.3 Å². The van der Waals surface area contributed by atoms with E-state index >= 15 is 0 Å². The molecule has 4 aliphatic rings. The van der Waals surface area contributed by atoms with Gasteiger partial charge in [-0.25, -0.2) is 0 Å². The SMILES string of the molecule is [B]C1(C)c2cc(B3OCCO3)ccc2-c2cc3c(cc21)-c1ccc(B2OCCO2)cc1C3(c1ccc(C(C)(C)C)cc1)c1ccc(C(C)(C)C)cc1. The molecular formula is C45H45B3O4. The maximum Gasteiger partial charge on any atom is 0.494 e. The lowest BCUT2D eigenvalue weighted by Gasteiger charge is -2.35. The molecule has 2 aliphatic heterocycles. The zero-order chi connectivity index (χ0) is 36.2. The van der Waals surface area contributed by atoms with E-state index in [9.17, 15) is 0 Å². The van der Waals surface area contributed by atoms with Gasteiger partial charge in [0.15, 0.2) is 0 Å². The van der Waals surface area contributed by atoms with Gasteiger partial charge in [-0.2, -0.15) is 0 Å². The lowest BCUT2D eigenvalue weighted by Crippen LogP contribution is -2.35. The van der Waals surface area contributed by atoms with Crippen molar-refractivity contribution in [1.82, 2.24) is 0 Å². The second-order valence-corrected chi connectivity index (χ2v) is 17.3. The van der Waals surface area contributed by atoms with Crippen LogP contribution in [0.5, 0.6) is 0 Å². The van der Waals surface area contributed by atoms with Gasteiger partial charge in [-0.05, 0) is 99.9 Å². The molecule has 258 valence electrons. The minimum Gasteiger partial charge on any atom is -0.405 e. The van der Waals surface area contributed by atoms with E-state index in [1.165, 1.54) is 50.1 Å². The summed E-state index contributed by atoms with van der Waals surface area (Å²) in [5.74, 6) is 0. The molecule has 0 spiro atoms. The van der Waals surface area contributed by atoms with Gasteiger partial charge in [0.05, 0.1) is 39.7 Å². The molecule has 7 heteroatoms. The van der Waals surface area contributed by atoms with Gasteiger partial charge in [0.25, 0.3) is 0 Å². The van der Waals surface area contributed by atoms with Crippen LogP contribution in [0, 0.1) is 0 Å². The lowest BCUT2D eigenvalue weighted by atomic mass is 9.62. The number of fused-ring (bicyclic) bond motifs is 6. The molecule has 2 radical (unpaired) electrons. The second kappa shape index (κ2) is 11.8. The van der Waals surface area contributed by atoms with Gasteiger partial charge in [-0.1, -0.05) is 139 Å². The highest BCUT2D eigenvalue weighted by Crippen LogP contribution is 2.59. The van der Waals surface area contributed by atoms with Crippen LogP contribution in [0.2, 0.25) is 0 Å². The van der Waals surface area contributed by atoms with Crippen LogP contribution in [0.4, 0.5) is 0 Å². The van der Waals surface area contributed by atoms with Crippen molar-refractivity contribution in [3.63, 3.8) is 0 Å². The Morgan fingerprint density at radius 2 is 0.846 bits per heavy atom. The summed E-state index contributed by atoms with van der Waals surface area (Å²) < 4.78 is 24.0. The first-order valence-corrected chi connectivity index (χ1v) is 18.7. The topological polar surface area (TPSA) is 36.9 Å². The molecule has 52 heavy (non-hydrogen) atoms. The Kier molecular flexibility index (Phi) is 7.71. The molecule has 0 bridgehead atoms. The molecule has 0 amide bonds. The van der Waals surface area contributed by atoms with Gasteiger partial charge in [-0.15, -0.1) is 0 Å². The number of hydrogen-bond donors (Lipinski definition) is 0. The molecule has 1 unspecified atom stereocenters. The molecule has 4 nitrogen and oxygen atoms in total. The van der Waals surface area contributed by atoms with Crippen LogP contribution in [-0.2, 0) is 40.2 Å². The van der Waals surface area contributed by atoms with E-state index in [-0.39, 0.29) is 25.1 Å². The summed E-state index contributed by atoms with van der Waals surface area (Å²) in [5, 5.41) is -0.700. The molecule has 5 aromatic carbocycles. The van der Waals surface area contributed by atoms with E-state index < -0.39 is 10.7 Å². The molecule has 2 heterocycles. The summed E-state index contributed by atoms with van der Waals surface area (Å²) >= 11 is 0. The van der Waals surface area contributed by atoms with Crippen molar-refractivity contribution in [1.29, 1.82) is 0 Å². The van der Waals surface area contributed by atoms with Gasteiger partial charge < -0.3 is 18.6 Å². The quantitative estimate of drug-likeness (QED) is 0.180. The highest BCUT2D eigenvalue weighted by atomic mass is 16.6. The van der Waals surface area contributed by atoms with E-state index in [2.05, 4.69) is 146 Å². The summed E-state index contributed by atoms with van der Waals surface area (Å²) in [6, 6.07) is 36.9. The fourth-order valence-corrected chi connectivity index (χ4v) is 9.03. The third-order valence-corrected chi connectivity index (χ3v) is 11.9. The third-order valence-electron chi connectivity index (χ3n) is 11.9. The number of rotatable bonds is 4. The molecule has 2 fully saturated rings. The monoisotopic (exact) mass is 682 g/mol. The molecule has 0 N–H and O–H groups in total. The first-order chi connectivity index (χ1) is 24.8. The van der Waals surface area contributed by atoms with Crippen LogP contribution >= 0.6 is 0 Å². The number of benzene rings is 5. The number of hydrogen-bond acceptors (Lipinski definition) is 4. The van der Waals surface area contributed by atoms with Crippen LogP contribution in [0.15, 0.2) is 97.1 Å². The van der Waals surface area contributed by atoms with Crippen LogP contribution < -0.4 is 10.9 Å². The zero-order valence-electron chi connectivity index (χ0n) is 31.4. The molecule has 2 aliphatic carbocycles. The minimum atomic E-state index is -0.700. The smallest absolute Gasteiger partial charge is 0.405 e. The van der Waals surface area contributed by atoms with Crippen LogP contribution in [-0.4, -0.2) is 48.5 Å². The van der Waals surface area contributed by atoms with Crippen LogP contribution in [0.1, 0.15) is 93.0 Å². The Hall–Kier alpha value is -3.87. The second-order valence-electron chi connectivity index (χ2n) is 17.3. The van der Waals surface area contributed by atoms with Crippen molar-refractivity contribution in [2.45, 2.75) is 70.0 Å². The maximum absolute atomic E-state index is 7.38. The Balaban J connectivity index is 1.34. The van der Waals surface area contributed by atoms with E-state index in [1.54, 1.807) is 0 Å². The molecule has 5 aromatic rings.